The average molecular weight is 281 g/mol. The van der Waals surface area contributed by atoms with Gasteiger partial charge in [0.25, 0.3) is 5.91 Å². The molecule has 0 saturated carbocycles. The van der Waals surface area contributed by atoms with Crippen LogP contribution in [0.3, 0.4) is 0 Å². The Hall–Kier alpha value is -1.39. The smallest absolute Gasteiger partial charge is 0.276 e. The highest BCUT2D eigenvalue weighted by Gasteiger charge is 2.34. The molecule has 18 heavy (non-hydrogen) atoms. The van der Waals surface area contributed by atoms with Gasteiger partial charge in [-0.25, -0.2) is 0 Å². The van der Waals surface area contributed by atoms with Crippen molar-refractivity contribution in [1.29, 1.82) is 0 Å². The van der Waals surface area contributed by atoms with Crippen LogP contribution in [0, 0.1) is 0 Å². The minimum atomic E-state index is -0.0556. The third-order valence-electron chi connectivity index (χ3n) is 2.83. The maximum Gasteiger partial charge on any atom is 0.276 e. The Morgan fingerprint density at radius 3 is 2.44 bits per heavy atom. The van der Waals surface area contributed by atoms with Crippen molar-refractivity contribution in [2.75, 3.05) is 13.6 Å². The van der Waals surface area contributed by atoms with E-state index in [-0.39, 0.29) is 5.91 Å². The summed E-state index contributed by atoms with van der Waals surface area (Å²) < 4.78 is 0. The lowest BCUT2D eigenvalue weighted by Crippen LogP contribution is -2.30. The molecule has 1 aromatic carbocycles. The van der Waals surface area contributed by atoms with Gasteiger partial charge in [0.2, 0.25) is 0 Å². The zero-order valence-electron chi connectivity index (χ0n) is 10.2. The van der Waals surface area contributed by atoms with Crippen LogP contribution in [0.5, 0.6) is 0 Å². The van der Waals surface area contributed by atoms with Gasteiger partial charge in [-0.05, 0) is 42.9 Å². The second kappa shape index (κ2) is 5.08. The standard InChI is InChI=1S/C13H13ClN2OS/c1-3-16-12(17)11(15(2)13(16)18)8-9-4-6-10(14)7-5-9/h4-8H,3H2,1-2H3/b11-8-. The van der Waals surface area contributed by atoms with Crippen molar-refractivity contribution in [1.82, 2.24) is 9.80 Å². The Morgan fingerprint density at radius 1 is 1.33 bits per heavy atom. The van der Waals surface area contributed by atoms with Crippen LogP contribution in [-0.2, 0) is 4.79 Å². The predicted molar refractivity (Wildman–Crippen MR) is 77.2 cm³/mol. The summed E-state index contributed by atoms with van der Waals surface area (Å²) in [5.41, 5.74) is 1.51. The Bertz CT molecular complexity index is 524. The van der Waals surface area contributed by atoms with Gasteiger partial charge in [-0.15, -0.1) is 0 Å². The molecule has 1 aliphatic rings. The Labute approximate surface area is 117 Å². The van der Waals surface area contributed by atoms with E-state index in [9.17, 15) is 4.79 Å². The number of carbonyl (C=O) groups is 1. The van der Waals surface area contributed by atoms with Gasteiger partial charge in [-0.3, -0.25) is 9.69 Å². The largest absolute Gasteiger partial charge is 0.317 e. The van der Waals surface area contributed by atoms with Crippen LogP contribution in [0.1, 0.15) is 12.5 Å². The van der Waals surface area contributed by atoms with Crippen LogP contribution in [0.4, 0.5) is 0 Å². The normalized spacial score (nSPS) is 18.1. The highest BCUT2D eigenvalue weighted by atomic mass is 35.5. The Kier molecular flexibility index (Phi) is 3.68. The topological polar surface area (TPSA) is 23.6 Å². The van der Waals surface area contributed by atoms with Gasteiger partial charge < -0.3 is 4.90 Å². The van der Waals surface area contributed by atoms with Gasteiger partial charge in [-0.1, -0.05) is 23.7 Å². The van der Waals surface area contributed by atoms with Gasteiger partial charge in [0.1, 0.15) is 5.70 Å². The fourth-order valence-corrected chi connectivity index (χ4v) is 2.24. The summed E-state index contributed by atoms with van der Waals surface area (Å²) in [5, 5.41) is 1.22. The zero-order chi connectivity index (χ0) is 13.3. The fourth-order valence-electron chi connectivity index (χ4n) is 1.81. The van der Waals surface area contributed by atoms with Crippen LogP contribution >= 0.6 is 23.8 Å². The molecule has 5 heteroatoms. The molecule has 1 aromatic rings. The first kappa shape index (κ1) is 13.1. The number of likely N-dealkylation sites (N-methyl/N-ethyl adjacent to an activating group) is 2. The van der Waals surface area contributed by atoms with Crippen molar-refractivity contribution in [3.05, 3.63) is 40.5 Å². The van der Waals surface area contributed by atoms with Gasteiger partial charge in [0, 0.05) is 18.6 Å². The first-order chi connectivity index (χ1) is 8.54. The third-order valence-corrected chi connectivity index (χ3v) is 3.58. The lowest BCUT2D eigenvalue weighted by Gasteiger charge is -2.13. The number of benzene rings is 1. The summed E-state index contributed by atoms with van der Waals surface area (Å²) in [6.45, 7) is 2.49. The molecule has 0 aliphatic carbocycles. The number of rotatable bonds is 2. The van der Waals surface area contributed by atoms with Gasteiger partial charge in [0.15, 0.2) is 5.11 Å². The molecule has 1 fully saturated rings. The van der Waals surface area contributed by atoms with Crippen LogP contribution in [0.25, 0.3) is 6.08 Å². The van der Waals surface area contributed by atoms with Crippen LogP contribution in [0.2, 0.25) is 5.02 Å². The van der Waals surface area contributed by atoms with E-state index in [1.165, 1.54) is 0 Å². The number of carbonyl (C=O) groups excluding carboxylic acids is 1. The van der Waals surface area contributed by atoms with Crippen molar-refractivity contribution in [2.45, 2.75) is 6.92 Å². The molecule has 0 spiro atoms. The maximum absolute atomic E-state index is 12.1. The molecular weight excluding hydrogens is 268 g/mol. The summed E-state index contributed by atoms with van der Waals surface area (Å²) in [6, 6.07) is 7.33. The van der Waals surface area contributed by atoms with Crippen molar-refractivity contribution < 1.29 is 4.79 Å². The van der Waals surface area contributed by atoms with E-state index < -0.39 is 0 Å². The summed E-state index contributed by atoms with van der Waals surface area (Å²) in [7, 11) is 1.80. The monoisotopic (exact) mass is 280 g/mol. The molecule has 94 valence electrons. The number of halogens is 1. The van der Waals surface area contributed by atoms with Gasteiger partial charge >= 0.3 is 0 Å². The molecular formula is C13H13ClN2OS. The summed E-state index contributed by atoms with van der Waals surface area (Å²) >= 11 is 11.0. The van der Waals surface area contributed by atoms with E-state index >= 15 is 0 Å². The SMILES string of the molecule is CCN1C(=O)/C(=C/c2ccc(Cl)cc2)N(C)C1=S. The first-order valence-corrected chi connectivity index (χ1v) is 6.40. The van der Waals surface area contributed by atoms with Gasteiger partial charge in [0.05, 0.1) is 0 Å². The third kappa shape index (κ3) is 2.26. The zero-order valence-corrected chi connectivity index (χ0v) is 11.8. The minimum Gasteiger partial charge on any atom is -0.317 e. The second-order valence-corrected chi connectivity index (χ2v) is 4.77. The lowest BCUT2D eigenvalue weighted by atomic mass is 10.2. The highest BCUT2D eigenvalue weighted by Crippen LogP contribution is 2.22. The molecule has 1 heterocycles. The van der Waals surface area contributed by atoms with Crippen LogP contribution in [0.15, 0.2) is 30.0 Å². The lowest BCUT2D eigenvalue weighted by molar-refractivity contribution is -0.122. The summed E-state index contributed by atoms with van der Waals surface area (Å²) in [6.07, 6.45) is 1.82. The number of amides is 1. The average Bonchev–Trinajstić information content (AvgIpc) is 2.56. The number of hydrogen-bond acceptors (Lipinski definition) is 2. The van der Waals surface area contributed by atoms with Crippen LogP contribution < -0.4 is 0 Å². The predicted octanol–water partition coefficient (Wildman–Crippen LogP) is 2.76. The molecule has 0 aromatic heterocycles. The first-order valence-electron chi connectivity index (χ1n) is 5.61. The van der Waals surface area contributed by atoms with E-state index in [1.54, 1.807) is 29.0 Å². The van der Waals surface area contributed by atoms with E-state index in [2.05, 4.69) is 0 Å². The molecule has 0 N–H and O–H groups in total. The summed E-state index contributed by atoms with van der Waals surface area (Å²) in [5.74, 6) is -0.0556. The van der Waals surface area contributed by atoms with Crippen molar-refractivity contribution in [3.8, 4) is 0 Å². The molecule has 0 radical (unpaired) electrons. The molecule has 0 bridgehead atoms. The number of nitrogens with zero attached hydrogens (tertiary/aromatic N) is 2. The van der Waals surface area contributed by atoms with E-state index in [1.807, 2.05) is 25.1 Å². The molecule has 1 amide bonds. The van der Waals surface area contributed by atoms with Crippen LogP contribution in [-0.4, -0.2) is 34.4 Å². The van der Waals surface area contributed by atoms with Crippen molar-refractivity contribution in [3.63, 3.8) is 0 Å². The molecule has 0 unspecified atom stereocenters. The quantitative estimate of drug-likeness (QED) is 0.615. The Morgan fingerprint density at radius 2 is 1.94 bits per heavy atom. The molecule has 0 atom stereocenters. The Balaban J connectivity index is 2.36. The molecule has 2 rings (SSSR count). The number of hydrogen-bond donors (Lipinski definition) is 0. The number of thiocarbonyl (C=S) groups is 1. The van der Waals surface area contributed by atoms with E-state index in [0.717, 1.165) is 5.56 Å². The molecule has 3 nitrogen and oxygen atoms in total. The summed E-state index contributed by atoms with van der Waals surface area (Å²) in [4.78, 5) is 15.4. The van der Waals surface area contributed by atoms with Gasteiger partial charge in [-0.2, -0.15) is 0 Å². The highest BCUT2D eigenvalue weighted by molar-refractivity contribution is 7.80. The molecule has 1 saturated heterocycles. The minimum absolute atomic E-state index is 0.0556. The maximum atomic E-state index is 12.1. The second-order valence-electron chi connectivity index (χ2n) is 3.97. The van der Waals surface area contributed by atoms with Crippen molar-refractivity contribution >= 4 is 40.9 Å². The van der Waals surface area contributed by atoms with Crippen molar-refractivity contribution in [2.24, 2.45) is 0 Å². The van der Waals surface area contributed by atoms with E-state index in [0.29, 0.717) is 22.4 Å². The molecule has 1 aliphatic heterocycles. The van der Waals surface area contributed by atoms with E-state index in [4.69, 9.17) is 23.8 Å². The fraction of sp³-hybridized carbons (Fsp3) is 0.231.